The number of rotatable bonds is 3. The second kappa shape index (κ2) is 3.57. The molecule has 1 fully saturated rings. The fourth-order valence-electron chi connectivity index (χ4n) is 2.74. The first kappa shape index (κ1) is 11.3. The molecule has 6 heteroatoms. The Morgan fingerprint density at radius 1 is 1.22 bits per heavy atom. The van der Waals surface area contributed by atoms with Crippen LogP contribution < -0.4 is 0 Å². The molecular formula is C12H14N2O4. The Morgan fingerprint density at radius 3 is 2.50 bits per heavy atom. The van der Waals surface area contributed by atoms with Gasteiger partial charge in [0.15, 0.2) is 5.69 Å². The number of carbonyl (C=O) groups is 2. The fraction of sp³-hybridized carbons (Fsp3) is 0.583. The molecule has 0 unspecified atom stereocenters. The van der Waals surface area contributed by atoms with Crippen LogP contribution in [-0.2, 0) is 23.2 Å². The van der Waals surface area contributed by atoms with E-state index in [1.807, 2.05) is 4.57 Å². The van der Waals surface area contributed by atoms with Gasteiger partial charge >= 0.3 is 11.9 Å². The Balaban J connectivity index is 2.16. The van der Waals surface area contributed by atoms with Crippen LogP contribution in [-0.4, -0.2) is 31.7 Å². The van der Waals surface area contributed by atoms with E-state index in [1.165, 1.54) is 0 Å². The molecule has 1 aliphatic carbocycles. The molecule has 0 bridgehead atoms. The average molecular weight is 250 g/mol. The first-order valence-corrected chi connectivity index (χ1v) is 6.13. The fourth-order valence-corrected chi connectivity index (χ4v) is 2.74. The van der Waals surface area contributed by atoms with Crippen molar-refractivity contribution in [2.45, 2.75) is 44.1 Å². The van der Waals surface area contributed by atoms with Gasteiger partial charge in [0, 0.05) is 6.54 Å². The highest BCUT2D eigenvalue weighted by atomic mass is 16.4. The van der Waals surface area contributed by atoms with Gasteiger partial charge < -0.3 is 14.8 Å². The zero-order chi connectivity index (χ0) is 12.9. The number of hydrogen-bond acceptors (Lipinski definition) is 3. The summed E-state index contributed by atoms with van der Waals surface area (Å²) in [5.41, 5.74) is -0.201. The number of aromatic nitrogens is 2. The number of fused-ring (bicyclic) bond motifs is 1. The van der Waals surface area contributed by atoms with Gasteiger partial charge in [-0.25, -0.2) is 9.78 Å². The summed E-state index contributed by atoms with van der Waals surface area (Å²) in [7, 11) is 0. The second-order valence-corrected chi connectivity index (χ2v) is 5.03. The zero-order valence-electron chi connectivity index (χ0n) is 9.85. The second-order valence-electron chi connectivity index (χ2n) is 5.03. The Labute approximate surface area is 103 Å². The first-order chi connectivity index (χ1) is 8.56. The maximum absolute atomic E-state index is 11.3. The third-order valence-corrected chi connectivity index (χ3v) is 3.91. The standard InChI is InChI=1S/C12H14N2O4/c15-9(16)8-7-3-1-2-6-14(7)10(13-8)12(4-5-12)11(17)18/h1-6H2,(H,15,16)(H,17,18). The summed E-state index contributed by atoms with van der Waals surface area (Å²) < 4.78 is 1.83. The summed E-state index contributed by atoms with van der Waals surface area (Å²) in [4.78, 5) is 26.7. The van der Waals surface area contributed by atoms with Crippen LogP contribution in [0.4, 0.5) is 0 Å². The Morgan fingerprint density at radius 2 is 1.94 bits per heavy atom. The van der Waals surface area contributed by atoms with Crippen LogP contribution in [0.1, 0.15) is 47.7 Å². The van der Waals surface area contributed by atoms with Crippen molar-refractivity contribution in [2.75, 3.05) is 0 Å². The number of aliphatic carboxylic acids is 1. The van der Waals surface area contributed by atoms with E-state index in [4.69, 9.17) is 5.11 Å². The summed E-state index contributed by atoms with van der Waals surface area (Å²) in [6.45, 7) is 0.681. The lowest BCUT2D eigenvalue weighted by Crippen LogP contribution is -2.26. The van der Waals surface area contributed by atoms with Gasteiger partial charge in [-0.3, -0.25) is 4.79 Å². The third-order valence-electron chi connectivity index (χ3n) is 3.91. The van der Waals surface area contributed by atoms with Gasteiger partial charge in [-0.1, -0.05) is 0 Å². The number of aromatic carboxylic acids is 1. The molecule has 18 heavy (non-hydrogen) atoms. The van der Waals surface area contributed by atoms with Gasteiger partial charge in [0.25, 0.3) is 0 Å². The van der Waals surface area contributed by atoms with E-state index in [9.17, 15) is 14.7 Å². The quantitative estimate of drug-likeness (QED) is 0.836. The monoisotopic (exact) mass is 250 g/mol. The van der Waals surface area contributed by atoms with Gasteiger partial charge in [0.05, 0.1) is 5.69 Å². The molecule has 96 valence electrons. The van der Waals surface area contributed by atoms with E-state index in [1.54, 1.807) is 0 Å². The summed E-state index contributed by atoms with van der Waals surface area (Å²) in [5.74, 6) is -1.51. The van der Waals surface area contributed by atoms with Gasteiger partial charge in [-0.15, -0.1) is 0 Å². The maximum Gasteiger partial charge on any atom is 0.356 e. The highest BCUT2D eigenvalue weighted by Crippen LogP contribution is 2.48. The van der Waals surface area contributed by atoms with E-state index < -0.39 is 17.4 Å². The molecule has 0 atom stereocenters. The van der Waals surface area contributed by atoms with Crippen LogP contribution in [0.25, 0.3) is 0 Å². The predicted molar refractivity (Wildman–Crippen MR) is 60.7 cm³/mol. The van der Waals surface area contributed by atoms with E-state index in [0.29, 0.717) is 37.3 Å². The number of hydrogen-bond donors (Lipinski definition) is 2. The minimum Gasteiger partial charge on any atom is -0.480 e. The van der Waals surface area contributed by atoms with Crippen LogP contribution in [0.3, 0.4) is 0 Å². The smallest absolute Gasteiger partial charge is 0.356 e. The molecule has 3 rings (SSSR count). The summed E-state index contributed by atoms with van der Waals surface area (Å²) >= 11 is 0. The lowest BCUT2D eigenvalue weighted by molar-refractivity contribution is -0.140. The summed E-state index contributed by atoms with van der Waals surface area (Å²) in [6, 6.07) is 0. The number of imidazole rings is 1. The van der Waals surface area contributed by atoms with Crippen molar-refractivity contribution in [1.82, 2.24) is 9.55 Å². The van der Waals surface area contributed by atoms with Gasteiger partial charge in [-0.05, 0) is 32.1 Å². The first-order valence-electron chi connectivity index (χ1n) is 6.13. The van der Waals surface area contributed by atoms with Crippen molar-refractivity contribution in [3.63, 3.8) is 0 Å². The van der Waals surface area contributed by atoms with Crippen molar-refractivity contribution in [1.29, 1.82) is 0 Å². The van der Waals surface area contributed by atoms with Crippen LogP contribution in [0.2, 0.25) is 0 Å². The van der Waals surface area contributed by atoms with Crippen LogP contribution in [0.15, 0.2) is 0 Å². The molecule has 0 spiro atoms. The van der Waals surface area contributed by atoms with E-state index in [-0.39, 0.29) is 5.69 Å². The molecule has 1 aromatic heterocycles. The minimum atomic E-state index is -1.06. The highest BCUT2D eigenvalue weighted by Gasteiger charge is 2.56. The number of nitrogens with zero attached hydrogens (tertiary/aromatic N) is 2. The molecule has 2 heterocycles. The molecule has 1 aromatic rings. The summed E-state index contributed by atoms with van der Waals surface area (Å²) in [6.07, 6.45) is 3.66. The van der Waals surface area contributed by atoms with Crippen LogP contribution in [0, 0.1) is 0 Å². The van der Waals surface area contributed by atoms with Gasteiger partial charge in [0.1, 0.15) is 11.2 Å². The molecule has 0 aromatic carbocycles. The average Bonchev–Trinajstić information content (AvgIpc) is 3.05. The van der Waals surface area contributed by atoms with Crippen LogP contribution in [0.5, 0.6) is 0 Å². The van der Waals surface area contributed by atoms with Crippen molar-refractivity contribution in [2.24, 2.45) is 0 Å². The molecule has 0 saturated heterocycles. The normalized spacial score (nSPS) is 20.2. The van der Waals surface area contributed by atoms with Gasteiger partial charge in [-0.2, -0.15) is 0 Å². The molecule has 0 amide bonds. The predicted octanol–water partition coefficient (Wildman–Crippen LogP) is 1.03. The van der Waals surface area contributed by atoms with E-state index >= 15 is 0 Å². The summed E-state index contributed by atoms with van der Waals surface area (Å²) in [5, 5.41) is 18.5. The van der Waals surface area contributed by atoms with E-state index in [0.717, 1.165) is 12.8 Å². The molecule has 2 aliphatic rings. The Bertz CT molecular complexity index is 543. The molecule has 1 saturated carbocycles. The SMILES string of the molecule is O=C(O)c1nc(C2(C(=O)O)CC2)n2c1CCCC2. The number of carboxylic acids is 2. The highest BCUT2D eigenvalue weighted by molar-refractivity contribution is 5.88. The largest absolute Gasteiger partial charge is 0.480 e. The number of carboxylic acid groups (broad SMARTS) is 2. The third kappa shape index (κ3) is 1.38. The Hall–Kier alpha value is -1.85. The molecule has 6 nitrogen and oxygen atoms in total. The molecular weight excluding hydrogens is 236 g/mol. The Kier molecular flexibility index (Phi) is 2.23. The van der Waals surface area contributed by atoms with Crippen molar-refractivity contribution in [3.05, 3.63) is 17.2 Å². The lowest BCUT2D eigenvalue weighted by atomic mass is 10.1. The van der Waals surface area contributed by atoms with Gasteiger partial charge in [0.2, 0.25) is 0 Å². The minimum absolute atomic E-state index is 0.0391. The van der Waals surface area contributed by atoms with Crippen molar-refractivity contribution < 1.29 is 19.8 Å². The lowest BCUT2D eigenvalue weighted by Gasteiger charge is -2.19. The van der Waals surface area contributed by atoms with Crippen molar-refractivity contribution >= 4 is 11.9 Å². The van der Waals surface area contributed by atoms with Crippen LogP contribution >= 0.6 is 0 Å². The molecule has 2 N–H and O–H groups in total. The van der Waals surface area contributed by atoms with E-state index in [2.05, 4.69) is 4.98 Å². The van der Waals surface area contributed by atoms with Crippen molar-refractivity contribution in [3.8, 4) is 0 Å². The topological polar surface area (TPSA) is 92.4 Å². The maximum atomic E-state index is 11.3. The zero-order valence-corrected chi connectivity index (χ0v) is 9.85. The molecule has 0 radical (unpaired) electrons. The molecule has 1 aliphatic heterocycles.